The molecule has 1 aromatic heterocycles. The molecular formula is C12H20BrN. The van der Waals surface area contributed by atoms with Crippen molar-refractivity contribution in [1.29, 1.82) is 0 Å². The minimum Gasteiger partial charge on any atom is -1.00 e. The molecule has 0 saturated heterocycles. The van der Waals surface area contributed by atoms with E-state index in [9.17, 15) is 0 Å². The number of halogens is 1. The fourth-order valence-electron chi connectivity index (χ4n) is 1.55. The maximum absolute atomic E-state index is 2.25. The van der Waals surface area contributed by atoms with Gasteiger partial charge in [-0.2, -0.15) is 0 Å². The van der Waals surface area contributed by atoms with Crippen LogP contribution in [0.5, 0.6) is 0 Å². The van der Waals surface area contributed by atoms with Crippen molar-refractivity contribution in [3.05, 3.63) is 30.1 Å². The third-order valence-electron chi connectivity index (χ3n) is 2.32. The Hall–Kier alpha value is -0.370. The molecule has 1 rings (SSSR count). The number of rotatable bonds is 5. The van der Waals surface area contributed by atoms with Crippen LogP contribution in [0.25, 0.3) is 0 Å². The molecule has 0 amide bonds. The van der Waals surface area contributed by atoms with E-state index in [0.29, 0.717) is 0 Å². The van der Waals surface area contributed by atoms with E-state index < -0.39 is 0 Å². The Morgan fingerprint density at radius 1 is 1.21 bits per heavy atom. The highest BCUT2D eigenvalue weighted by atomic mass is 79.9. The van der Waals surface area contributed by atoms with E-state index in [1.54, 1.807) is 0 Å². The van der Waals surface area contributed by atoms with E-state index in [0.717, 1.165) is 0 Å². The Balaban J connectivity index is 0.00000169. The summed E-state index contributed by atoms with van der Waals surface area (Å²) in [6.45, 7) is 2.25. The highest BCUT2D eigenvalue weighted by molar-refractivity contribution is 5.04. The summed E-state index contributed by atoms with van der Waals surface area (Å²) in [5.74, 6) is 0. The van der Waals surface area contributed by atoms with Gasteiger partial charge in [-0.3, -0.25) is 0 Å². The Bertz CT molecular complexity index is 248. The third-order valence-corrected chi connectivity index (χ3v) is 2.32. The first-order valence-corrected chi connectivity index (χ1v) is 5.27. The first kappa shape index (κ1) is 13.6. The van der Waals surface area contributed by atoms with Crippen molar-refractivity contribution < 1.29 is 21.5 Å². The molecule has 0 aliphatic heterocycles. The lowest BCUT2D eigenvalue weighted by Crippen LogP contribution is -3.00. The van der Waals surface area contributed by atoms with Gasteiger partial charge in [0.05, 0.1) is 0 Å². The molecule has 1 nitrogen and oxygen atoms in total. The molecule has 0 N–H and O–H groups in total. The second-order valence-corrected chi connectivity index (χ2v) is 3.69. The van der Waals surface area contributed by atoms with Gasteiger partial charge in [-0.05, 0) is 18.9 Å². The largest absolute Gasteiger partial charge is 1.00 e. The van der Waals surface area contributed by atoms with Crippen molar-refractivity contribution in [2.24, 2.45) is 7.05 Å². The minimum atomic E-state index is 0. The summed E-state index contributed by atoms with van der Waals surface area (Å²) in [6, 6.07) is 4.33. The summed E-state index contributed by atoms with van der Waals surface area (Å²) in [6.07, 6.45) is 10.9. The average molecular weight is 258 g/mol. The number of pyridine rings is 1. The van der Waals surface area contributed by atoms with Crippen LogP contribution >= 0.6 is 0 Å². The number of unbranched alkanes of at least 4 members (excludes halogenated alkanes) is 3. The van der Waals surface area contributed by atoms with Gasteiger partial charge in [0.15, 0.2) is 12.4 Å². The molecule has 2 heteroatoms. The molecule has 0 atom stereocenters. The first-order valence-electron chi connectivity index (χ1n) is 5.27. The van der Waals surface area contributed by atoms with Crippen molar-refractivity contribution in [2.45, 2.75) is 39.0 Å². The molecule has 0 aromatic carbocycles. The maximum atomic E-state index is 2.25. The Kier molecular flexibility index (Phi) is 7.77. The molecule has 0 aliphatic rings. The van der Waals surface area contributed by atoms with Crippen molar-refractivity contribution in [3.8, 4) is 0 Å². The predicted molar refractivity (Wildman–Crippen MR) is 55.5 cm³/mol. The van der Waals surface area contributed by atoms with Gasteiger partial charge in [0.1, 0.15) is 7.05 Å². The summed E-state index contributed by atoms with van der Waals surface area (Å²) >= 11 is 0. The lowest BCUT2D eigenvalue weighted by atomic mass is 10.1. The molecule has 0 fully saturated rings. The molecule has 14 heavy (non-hydrogen) atoms. The summed E-state index contributed by atoms with van der Waals surface area (Å²) in [5.41, 5.74) is 1.46. The van der Waals surface area contributed by atoms with Crippen LogP contribution in [-0.4, -0.2) is 0 Å². The standard InChI is InChI=1S/C12H20N.BrH/c1-3-4-5-6-8-12-9-7-10-13(2)11-12;/h7,9-11H,3-6,8H2,1-2H3;1H/q+1;/p-1. The normalized spacial score (nSPS) is 9.57. The molecular weight excluding hydrogens is 238 g/mol. The lowest BCUT2D eigenvalue weighted by Gasteiger charge is -1.98. The van der Waals surface area contributed by atoms with E-state index in [-0.39, 0.29) is 17.0 Å². The molecule has 0 saturated carbocycles. The van der Waals surface area contributed by atoms with Gasteiger partial charge >= 0.3 is 0 Å². The molecule has 0 spiro atoms. The van der Waals surface area contributed by atoms with Crippen LogP contribution in [0.4, 0.5) is 0 Å². The van der Waals surface area contributed by atoms with Gasteiger partial charge in [-0.15, -0.1) is 0 Å². The zero-order valence-electron chi connectivity index (χ0n) is 9.17. The molecule has 0 unspecified atom stereocenters. The maximum Gasteiger partial charge on any atom is 0.171 e. The van der Waals surface area contributed by atoms with Gasteiger partial charge in [-0.1, -0.05) is 26.2 Å². The minimum absolute atomic E-state index is 0. The van der Waals surface area contributed by atoms with E-state index in [2.05, 4.69) is 43.1 Å². The second-order valence-electron chi connectivity index (χ2n) is 3.69. The number of hydrogen-bond donors (Lipinski definition) is 0. The van der Waals surface area contributed by atoms with Gasteiger partial charge in [-0.25, -0.2) is 4.57 Å². The lowest BCUT2D eigenvalue weighted by molar-refractivity contribution is -0.671. The first-order chi connectivity index (χ1) is 6.33. The SMILES string of the molecule is CCCCCCc1ccc[n+](C)c1.[Br-]. The quantitative estimate of drug-likeness (QED) is 0.501. The van der Waals surface area contributed by atoms with E-state index >= 15 is 0 Å². The highest BCUT2D eigenvalue weighted by Gasteiger charge is 1.97. The Morgan fingerprint density at radius 3 is 2.64 bits per heavy atom. The molecule has 1 aromatic rings. The third kappa shape index (κ3) is 5.38. The van der Waals surface area contributed by atoms with Gasteiger partial charge in [0.25, 0.3) is 0 Å². The monoisotopic (exact) mass is 257 g/mol. The van der Waals surface area contributed by atoms with Crippen LogP contribution in [0.3, 0.4) is 0 Å². The van der Waals surface area contributed by atoms with Gasteiger partial charge in [0.2, 0.25) is 0 Å². The molecule has 80 valence electrons. The Morgan fingerprint density at radius 2 is 2.00 bits per heavy atom. The average Bonchev–Trinajstić information content (AvgIpc) is 2.13. The number of hydrogen-bond acceptors (Lipinski definition) is 0. The van der Waals surface area contributed by atoms with Gasteiger partial charge in [0, 0.05) is 11.6 Å². The smallest absolute Gasteiger partial charge is 0.171 e. The van der Waals surface area contributed by atoms with Crippen LogP contribution in [0, 0.1) is 0 Å². The van der Waals surface area contributed by atoms with Crippen molar-refractivity contribution in [2.75, 3.05) is 0 Å². The predicted octanol–water partition coefficient (Wildman–Crippen LogP) is -0.362. The van der Waals surface area contributed by atoms with E-state index in [4.69, 9.17) is 0 Å². The van der Waals surface area contributed by atoms with Crippen LogP contribution in [0.1, 0.15) is 38.2 Å². The van der Waals surface area contributed by atoms with Crippen molar-refractivity contribution >= 4 is 0 Å². The summed E-state index contributed by atoms with van der Waals surface area (Å²) < 4.78 is 2.12. The summed E-state index contributed by atoms with van der Waals surface area (Å²) in [4.78, 5) is 0. The number of nitrogens with zero attached hydrogens (tertiary/aromatic N) is 1. The van der Waals surface area contributed by atoms with E-state index in [1.807, 2.05) is 0 Å². The van der Waals surface area contributed by atoms with Crippen molar-refractivity contribution in [1.82, 2.24) is 0 Å². The zero-order chi connectivity index (χ0) is 9.52. The zero-order valence-corrected chi connectivity index (χ0v) is 10.8. The summed E-state index contributed by atoms with van der Waals surface area (Å²) in [7, 11) is 2.08. The molecule has 0 aliphatic carbocycles. The number of aryl methyl sites for hydroxylation is 2. The van der Waals surface area contributed by atoms with E-state index in [1.165, 1.54) is 37.7 Å². The topological polar surface area (TPSA) is 3.88 Å². The second kappa shape index (κ2) is 7.98. The molecule has 0 radical (unpaired) electrons. The summed E-state index contributed by atoms with van der Waals surface area (Å²) in [5, 5.41) is 0. The fraction of sp³-hybridized carbons (Fsp3) is 0.583. The fourth-order valence-corrected chi connectivity index (χ4v) is 1.55. The van der Waals surface area contributed by atoms with Gasteiger partial charge < -0.3 is 17.0 Å². The van der Waals surface area contributed by atoms with Crippen molar-refractivity contribution in [3.63, 3.8) is 0 Å². The number of aromatic nitrogens is 1. The Labute approximate surface area is 97.9 Å². The van der Waals surface area contributed by atoms with Crippen LogP contribution < -0.4 is 21.5 Å². The van der Waals surface area contributed by atoms with Crippen LogP contribution in [0.15, 0.2) is 24.5 Å². The van der Waals surface area contributed by atoms with Crippen LogP contribution in [-0.2, 0) is 13.5 Å². The highest BCUT2D eigenvalue weighted by Crippen LogP contribution is 2.05. The van der Waals surface area contributed by atoms with Crippen LogP contribution in [0.2, 0.25) is 0 Å². The molecule has 1 heterocycles. The molecule has 0 bridgehead atoms.